The molecule has 46 heavy (non-hydrogen) atoms. The molecule has 0 saturated carbocycles. The van der Waals surface area contributed by atoms with Crippen molar-refractivity contribution in [3.63, 3.8) is 0 Å². The molecule has 0 aliphatic carbocycles. The number of rotatable bonds is 40. The Balaban J connectivity index is 3.13. The fraction of sp³-hybridized carbons (Fsp3) is 0.952. The summed E-state index contributed by atoms with van der Waals surface area (Å²) >= 11 is 0. The molecule has 0 radical (unpaired) electrons. The van der Waals surface area contributed by atoms with Gasteiger partial charge in [-0.2, -0.15) is 0 Å². The van der Waals surface area contributed by atoms with E-state index in [4.69, 9.17) is 9.84 Å². The topological polar surface area (TPSA) is 63.6 Å². The molecule has 0 unspecified atom stereocenters. The molecule has 0 aromatic rings. The molecule has 0 aromatic heterocycles. The van der Waals surface area contributed by atoms with Gasteiger partial charge in [0, 0.05) is 12.8 Å². The number of carbonyl (C=O) groups is 2. The van der Waals surface area contributed by atoms with E-state index in [0.717, 1.165) is 25.7 Å². The van der Waals surface area contributed by atoms with E-state index < -0.39 is 5.97 Å². The maximum atomic E-state index is 12.0. The molecule has 0 fully saturated rings. The van der Waals surface area contributed by atoms with Crippen molar-refractivity contribution >= 4 is 11.9 Å². The van der Waals surface area contributed by atoms with Gasteiger partial charge in [0.25, 0.3) is 0 Å². The molecule has 0 spiro atoms. The van der Waals surface area contributed by atoms with Crippen LogP contribution in [0.2, 0.25) is 0 Å². The van der Waals surface area contributed by atoms with Gasteiger partial charge in [-0.25, -0.2) is 0 Å². The summed E-state index contributed by atoms with van der Waals surface area (Å²) < 4.78 is 5.44. The second kappa shape index (κ2) is 40.1. The number of carbonyl (C=O) groups excluding carboxylic acids is 1. The van der Waals surface area contributed by atoms with Gasteiger partial charge in [-0.15, -0.1) is 0 Å². The van der Waals surface area contributed by atoms with Crippen molar-refractivity contribution in [2.45, 2.75) is 251 Å². The summed E-state index contributed by atoms with van der Waals surface area (Å²) in [4.78, 5) is 22.4. The molecule has 0 saturated heterocycles. The highest BCUT2D eigenvalue weighted by Gasteiger charge is 2.03. The molecule has 4 heteroatoms. The number of esters is 1. The Morgan fingerprint density at radius 1 is 0.348 bits per heavy atom. The Morgan fingerprint density at radius 2 is 0.587 bits per heavy atom. The largest absolute Gasteiger partial charge is 0.481 e. The first-order valence-electron chi connectivity index (χ1n) is 21.0. The Morgan fingerprint density at radius 3 is 0.870 bits per heavy atom. The van der Waals surface area contributed by atoms with Crippen molar-refractivity contribution in [2.75, 3.05) is 6.61 Å². The molecule has 0 rings (SSSR count). The average molecular weight is 651 g/mol. The molecule has 0 heterocycles. The highest BCUT2D eigenvalue weighted by atomic mass is 16.5. The fourth-order valence-electron chi connectivity index (χ4n) is 6.64. The molecular formula is C42H82O4. The summed E-state index contributed by atoms with van der Waals surface area (Å²) in [7, 11) is 0. The SMILES string of the molecule is CCCCCCCCCCCCCCOC(=O)CCCCCCCCCCCCCCCCCCCCCCCCCCC(=O)O. The summed E-state index contributed by atoms with van der Waals surface area (Å²) in [6.45, 7) is 2.90. The van der Waals surface area contributed by atoms with Gasteiger partial charge in [0.15, 0.2) is 0 Å². The van der Waals surface area contributed by atoms with E-state index in [-0.39, 0.29) is 5.97 Å². The number of carboxylic acids is 1. The van der Waals surface area contributed by atoms with Gasteiger partial charge in [-0.1, -0.05) is 219 Å². The summed E-state index contributed by atoms with van der Waals surface area (Å²) in [5, 5.41) is 8.64. The lowest BCUT2D eigenvalue weighted by atomic mass is 10.0. The van der Waals surface area contributed by atoms with Crippen LogP contribution in [0.3, 0.4) is 0 Å². The minimum Gasteiger partial charge on any atom is -0.481 e. The molecule has 0 amide bonds. The van der Waals surface area contributed by atoms with Crippen LogP contribution >= 0.6 is 0 Å². The van der Waals surface area contributed by atoms with E-state index in [1.165, 1.54) is 205 Å². The van der Waals surface area contributed by atoms with Crippen LogP contribution in [0.25, 0.3) is 0 Å². The van der Waals surface area contributed by atoms with Gasteiger partial charge in [0.2, 0.25) is 0 Å². The molecule has 0 aliphatic heterocycles. The van der Waals surface area contributed by atoms with Crippen LogP contribution < -0.4 is 0 Å². The van der Waals surface area contributed by atoms with Crippen LogP contribution in [0.5, 0.6) is 0 Å². The zero-order chi connectivity index (χ0) is 33.4. The van der Waals surface area contributed by atoms with Crippen LogP contribution in [0.15, 0.2) is 0 Å². The second-order valence-electron chi connectivity index (χ2n) is 14.5. The lowest BCUT2D eigenvalue weighted by Crippen LogP contribution is -2.05. The second-order valence-corrected chi connectivity index (χ2v) is 14.5. The zero-order valence-corrected chi connectivity index (χ0v) is 31.2. The van der Waals surface area contributed by atoms with E-state index >= 15 is 0 Å². The molecule has 4 nitrogen and oxygen atoms in total. The normalized spacial score (nSPS) is 11.3. The predicted octanol–water partition coefficient (Wildman–Crippen LogP) is 14.5. The van der Waals surface area contributed by atoms with Crippen molar-refractivity contribution in [3.05, 3.63) is 0 Å². The van der Waals surface area contributed by atoms with Crippen LogP contribution in [0, 0.1) is 0 Å². The van der Waals surface area contributed by atoms with Crippen molar-refractivity contribution in [1.82, 2.24) is 0 Å². The summed E-state index contributed by atoms with van der Waals surface area (Å²) in [5.74, 6) is -0.637. The summed E-state index contributed by atoms with van der Waals surface area (Å²) in [6, 6.07) is 0. The van der Waals surface area contributed by atoms with Crippen LogP contribution in [0.4, 0.5) is 0 Å². The Hall–Kier alpha value is -1.06. The minimum absolute atomic E-state index is 0.0187. The minimum atomic E-state index is -0.656. The molecule has 0 bridgehead atoms. The third kappa shape index (κ3) is 41.0. The third-order valence-electron chi connectivity index (χ3n) is 9.78. The van der Waals surface area contributed by atoms with Crippen LogP contribution in [-0.2, 0) is 14.3 Å². The zero-order valence-electron chi connectivity index (χ0n) is 31.2. The number of carboxylic acid groups (broad SMARTS) is 1. The van der Waals surface area contributed by atoms with Crippen LogP contribution in [-0.4, -0.2) is 23.7 Å². The number of aliphatic carboxylic acids is 1. The van der Waals surface area contributed by atoms with E-state index in [2.05, 4.69) is 6.92 Å². The fourth-order valence-corrected chi connectivity index (χ4v) is 6.64. The number of hydrogen-bond donors (Lipinski definition) is 1. The smallest absolute Gasteiger partial charge is 0.305 e. The van der Waals surface area contributed by atoms with E-state index in [0.29, 0.717) is 19.4 Å². The summed E-state index contributed by atoms with van der Waals surface area (Å²) in [6.07, 6.45) is 48.5. The monoisotopic (exact) mass is 651 g/mol. The Labute approximate surface area is 288 Å². The van der Waals surface area contributed by atoms with Crippen molar-refractivity contribution in [3.8, 4) is 0 Å². The van der Waals surface area contributed by atoms with Gasteiger partial charge in [-0.05, 0) is 19.3 Å². The third-order valence-corrected chi connectivity index (χ3v) is 9.78. The van der Waals surface area contributed by atoms with E-state index in [1.807, 2.05) is 0 Å². The average Bonchev–Trinajstić information content (AvgIpc) is 3.04. The predicted molar refractivity (Wildman–Crippen MR) is 200 cm³/mol. The molecule has 274 valence electrons. The van der Waals surface area contributed by atoms with E-state index in [9.17, 15) is 9.59 Å². The molecular weight excluding hydrogens is 568 g/mol. The first-order chi connectivity index (χ1) is 22.7. The highest BCUT2D eigenvalue weighted by molar-refractivity contribution is 5.69. The first kappa shape index (κ1) is 44.9. The maximum Gasteiger partial charge on any atom is 0.305 e. The first-order valence-corrected chi connectivity index (χ1v) is 21.0. The Bertz CT molecular complexity index is 604. The highest BCUT2D eigenvalue weighted by Crippen LogP contribution is 2.16. The van der Waals surface area contributed by atoms with Crippen molar-refractivity contribution in [2.24, 2.45) is 0 Å². The Kier molecular flexibility index (Phi) is 39.2. The lowest BCUT2D eigenvalue weighted by Gasteiger charge is -2.06. The number of hydrogen-bond acceptors (Lipinski definition) is 3. The molecule has 0 aromatic carbocycles. The van der Waals surface area contributed by atoms with Gasteiger partial charge in [0.1, 0.15) is 0 Å². The number of unbranched alkanes of at least 4 members (excludes halogenated alkanes) is 34. The van der Waals surface area contributed by atoms with Gasteiger partial charge >= 0.3 is 11.9 Å². The standard InChI is InChI=1S/C42H82O4/c1-2-3-4-5-6-7-8-25-28-31-34-37-40-46-42(45)39-36-33-30-27-24-22-20-18-16-14-12-10-9-11-13-15-17-19-21-23-26-29-32-35-38-41(43)44/h2-40H2,1H3,(H,43,44). The van der Waals surface area contributed by atoms with Crippen molar-refractivity contribution in [1.29, 1.82) is 0 Å². The van der Waals surface area contributed by atoms with E-state index in [1.54, 1.807) is 0 Å². The quantitative estimate of drug-likeness (QED) is 0.0529. The van der Waals surface area contributed by atoms with Gasteiger partial charge in [-0.3, -0.25) is 9.59 Å². The lowest BCUT2D eigenvalue weighted by molar-refractivity contribution is -0.144. The molecule has 0 atom stereocenters. The molecule has 0 aliphatic rings. The van der Waals surface area contributed by atoms with Gasteiger partial charge < -0.3 is 9.84 Å². The summed E-state index contributed by atoms with van der Waals surface area (Å²) in [5.41, 5.74) is 0. The maximum absolute atomic E-state index is 12.0. The molecule has 1 N–H and O–H groups in total. The van der Waals surface area contributed by atoms with Crippen molar-refractivity contribution < 1.29 is 19.4 Å². The number of ether oxygens (including phenoxy) is 1. The van der Waals surface area contributed by atoms with Gasteiger partial charge in [0.05, 0.1) is 6.61 Å². The van der Waals surface area contributed by atoms with Crippen LogP contribution in [0.1, 0.15) is 251 Å².